The lowest BCUT2D eigenvalue weighted by Gasteiger charge is -2.25. The minimum absolute atomic E-state index is 0.116. The molecule has 27 heavy (non-hydrogen) atoms. The van der Waals surface area contributed by atoms with Gasteiger partial charge in [0.25, 0.3) is 0 Å². The SMILES string of the molecule is CCOc1ccc(NC(=O)N(C)C[C@@H]2CC(=O)N(C3CCCC3)C2)c(F)c1. The number of ether oxygens (including phenoxy) is 1. The van der Waals surface area contributed by atoms with E-state index in [1.165, 1.54) is 29.9 Å². The first-order chi connectivity index (χ1) is 13.0. The van der Waals surface area contributed by atoms with Gasteiger partial charge in [0.1, 0.15) is 11.6 Å². The summed E-state index contributed by atoms with van der Waals surface area (Å²) in [6.45, 7) is 3.45. The van der Waals surface area contributed by atoms with Crippen LogP contribution in [0.15, 0.2) is 18.2 Å². The van der Waals surface area contributed by atoms with Gasteiger partial charge in [-0.3, -0.25) is 4.79 Å². The fraction of sp³-hybridized carbons (Fsp3) is 0.600. The molecule has 0 radical (unpaired) electrons. The van der Waals surface area contributed by atoms with Crippen LogP contribution in [0.5, 0.6) is 5.75 Å². The Balaban J connectivity index is 1.53. The topological polar surface area (TPSA) is 61.9 Å². The highest BCUT2D eigenvalue weighted by Gasteiger charge is 2.36. The summed E-state index contributed by atoms with van der Waals surface area (Å²) in [7, 11) is 1.67. The number of nitrogens with one attached hydrogen (secondary N) is 1. The molecule has 1 heterocycles. The lowest BCUT2D eigenvalue weighted by molar-refractivity contribution is -0.129. The number of anilines is 1. The molecule has 1 aliphatic carbocycles. The summed E-state index contributed by atoms with van der Waals surface area (Å²) in [5, 5.41) is 2.59. The molecule has 3 rings (SSSR count). The van der Waals surface area contributed by atoms with Crippen LogP contribution in [0.25, 0.3) is 0 Å². The number of hydrogen-bond acceptors (Lipinski definition) is 3. The number of hydrogen-bond donors (Lipinski definition) is 1. The number of amides is 3. The maximum Gasteiger partial charge on any atom is 0.321 e. The monoisotopic (exact) mass is 377 g/mol. The highest BCUT2D eigenvalue weighted by Crippen LogP contribution is 2.29. The van der Waals surface area contributed by atoms with Crippen LogP contribution in [0.2, 0.25) is 0 Å². The molecule has 1 aromatic rings. The van der Waals surface area contributed by atoms with Gasteiger partial charge in [-0.15, -0.1) is 0 Å². The van der Waals surface area contributed by atoms with Gasteiger partial charge in [-0.2, -0.15) is 0 Å². The van der Waals surface area contributed by atoms with Gasteiger partial charge in [0.15, 0.2) is 0 Å². The molecule has 0 aromatic heterocycles. The summed E-state index contributed by atoms with van der Waals surface area (Å²) >= 11 is 0. The molecule has 0 spiro atoms. The van der Waals surface area contributed by atoms with Gasteiger partial charge >= 0.3 is 6.03 Å². The standard InChI is InChI=1S/C20H28FN3O3/c1-3-27-16-8-9-18(17(21)11-16)22-20(26)23(2)12-14-10-19(25)24(13-14)15-6-4-5-7-15/h8-9,11,14-15H,3-7,10,12-13H2,1-2H3,(H,22,26)/t14-/m0/s1. The van der Waals surface area contributed by atoms with Crippen molar-refractivity contribution in [2.75, 3.05) is 32.1 Å². The molecule has 1 saturated heterocycles. The van der Waals surface area contributed by atoms with E-state index in [0.29, 0.717) is 37.9 Å². The summed E-state index contributed by atoms with van der Waals surface area (Å²) in [4.78, 5) is 28.2. The van der Waals surface area contributed by atoms with E-state index in [0.717, 1.165) is 12.8 Å². The molecule has 0 bridgehead atoms. The quantitative estimate of drug-likeness (QED) is 0.826. The van der Waals surface area contributed by atoms with Crippen molar-refractivity contribution < 1.29 is 18.7 Å². The van der Waals surface area contributed by atoms with Crippen molar-refractivity contribution in [2.45, 2.75) is 45.1 Å². The molecule has 7 heteroatoms. The first-order valence-electron chi connectivity index (χ1n) is 9.72. The second-order valence-electron chi connectivity index (χ2n) is 7.44. The predicted molar refractivity (Wildman–Crippen MR) is 101 cm³/mol. The van der Waals surface area contributed by atoms with Crippen molar-refractivity contribution in [3.8, 4) is 5.75 Å². The van der Waals surface area contributed by atoms with Gasteiger partial charge in [0, 0.05) is 44.6 Å². The molecule has 6 nitrogen and oxygen atoms in total. The van der Waals surface area contributed by atoms with Crippen LogP contribution in [-0.4, -0.2) is 54.5 Å². The van der Waals surface area contributed by atoms with Crippen molar-refractivity contribution in [1.82, 2.24) is 9.80 Å². The van der Waals surface area contributed by atoms with Crippen LogP contribution in [0, 0.1) is 11.7 Å². The van der Waals surface area contributed by atoms with Gasteiger partial charge in [0.05, 0.1) is 12.3 Å². The molecule has 1 aromatic carbocycles. The zero-order valence-electron chi connectivity index (χ0n) is 16.0. The van der Waals surface area contributed by atoms with Crippen LogP contribution in [0.1, 0.15) is 39.0 Å². The Morgan fingerprint density at radius 2 is 2.11 bits per heavy atom. The maximum atomic E-state index is 14.1. The van der Waals surface area contributed by atoms with Gasteiger partial charge in [-0.25, -0.2) is 9.18 Å². The van der Waals surface area contributed by atoms with Crippen LogP contribution in [0.3, 0.4) is 0 Å². The largest absolute Gasteiger partial charge is 0.494 e. The maximum absolute atomic E-state index is 14.1. The Kier molecular flexibility index (Phi) is 6.19. The second kappa shape index (κ2) is 8.59. The zero-order chi connectivity index (χ0) is 19.4. The number of nitrogens with zero attached hydrogens (tertiary/aromatic N) is 2. The van der Waals surface area contributed by atoms with E-state index in [1.54, 1.807) is 13.1 Å². The third-order valence-corrected chi connectivity index (χ3v) is 5.38. The third-order valence-electron chi connectivity index (χ3n) is 5.38. The normalized spacial score (nSPS) is 20.2. The molecule has 3 amide bonds. The van der Waals surface area contributed by atoms with Crippen molar-refractivity contribution >= 4 is 17.6 Å². The molecule has 1 atom stereocenters. The molecule has 0 unspecified atom stereocenters. The molecule has 1 saturated carbocycles. The summed E-state index contributed by atoms with van der Waals surface area (Å²) in [5.41, 5.74) is 0.116. The van der Waals surface area contributed by atoms with Crippen molar-refractivity contribution in [1.29, 1.82) is 0 Å². The van der Waals surface area contributed by atoms with E-state index in [4.69, 9.17) is 4.74 Å². The smallest absolute Gasteiger partial charge is 0.321 e. The Hall–Kier alpha value is -2.31. The Labute approximate surface area is 159 Å². The predicted octanol–water partition coefficient (Wildman–Crippen LogP) is 3.48. The van der Waals surface area contributed by atoms with Gasteiger partial charge < -0.3 is 19.9 Å². The average Bonchev–Trinajstić information content (AvgIpc) is 3.27. The second-order valence-corrected chi connectivity index (χ2v) is 7.44. The summed E-state index contributed by atoms with van der Waals surface area (Å²) in [6, 6.07) is 4.36. The fourth-order valence-corrected chi connectivity index (χ4v) is 4.03. The first kappa shape index (κ1) is 19.5. The van der Waals surface area contributed by atoms with Crippen LogP contribution in [0.4, 0.5) is 14.9 Å². The van der Waals surface area contributed by atoms with Gasteiger partial charge in [0.2, 0.25) is 5.91 Å². The van der Waals surface area contributed by atoms with E-state index in [1.807, 2.05) is 11.8 Å². The van der Waals surface area contributed by atoms with Crippen molar-refractivity contribution in [3.63, 3.8) is 0 Å². The van der Waals surface area contributed by atoms with E-state index < -0.39 is 5.82 Å². The number of halogens is 1. The highest BCUT2D eigenvalue weighted by atomic mass is 19.1. The number of rotatable bonds is 6. The molecular weight excluding hydrogens is 349 g/mol. The zero-order valence-corrected chi connectivity index (χ0v) is 16.0. The molecular formula is C20H28FN3O3. The average molecular weight is 377 g/mol. The minimum Gasteiger partial charge on any atom is -0.494 e. The summed E-state index contributed by atoms with van der Waals surface area (Å²) in [5.74, 6) is 0.210. The van der Waals surface area contributed by atoms with E-state index in [-0.39, 0.29) is 23.5 Å². The first-order valence-corrected chi connectivity index (χ1v) is 9.72. The Bertz CT molecular complexity index is 691. The molecule has 2 fully saturated rings. The Morgan fingerprint density at radius 1 is 1.37 bits per heavy atom. The molecule has 148 valence electrons. The number of carbonyl (C=O) groups excluding carboxylic acids is 2. The fourth-order valence-electron chi connectivity index (χ4n) is 4.03. The summed E-state index contributed by atoms with van der Waals surface area (Å²) < 4.78 is 19.4. The number of likely N-dealkylation sites (tertiary alicyclic amines) is 1. The number of urea groups is 1. The van der Waals surface area contributed by atoms with Crippen molar-refractivity contribution in [2.24, 2.45) is 5.92 Å². The van der Waals surface area contributed by atoms with Gasteiger partial charge in [-0.1, -0.05) is 12.8 Å². The van der Waals surface area contributed by atoms with E-state index in [2.05, 4.69) is 5.32 Å². The van der Waals surface area contributed by atoms with E-state index in [9.17, 15) is 14.0 Å². The Morgan fingerprint density at radius 3 is 2.78 bits per heavy atom. The third kappa shape index (κ3) is 4.70. The van der Waals surface area contributed by atoms with Crippen LogP contribution in [-0.2, 0) is 4.79 Å². The highest BCUT2D eigenvalue weighted by molar-refractivity contribution is 5.89. The number of carbonyl (C=O) groups is 2. The molecule has 2 aliphatic rings. The van der Waals surface area contributed by atoms with Crippen molar-refractivity contribution in [3.05, 3.63) is 24.0 Å². The van der Waals surface area contributed by atoms with E-state index >= 15 is 0 Å². The van der Waals surface area contributed by atoms with Crippen LogP contribution < -0.4 is 10.1 Å². The van der Waals surface area contributed by atoms with Gasteiger partial charge in [-0.05, 0) is 31.9 Å². The minimum atomic E-state index is -0.536. The molecule has 1 aliphatic heterocycles. The summed E-state index contributed by atoms with van der Waals surface area (Å²) in [6.07, 6.45) is 5.04. The lowest BCUT2D eigenvalue weighted by Crippen LogP contribution is -2.38. The van der Waals surface area contributed by atoms with Crippen LogP contribution >= 0.6 is 0 Å². The lowest BCUT2D eigenvalue weighted by atomic mass is 10.1. The molecule has 1 N–H and O–H groups in total. The number of benzene rings is 1.